The summed E-state index contributed by atoms with van der Waals surface area (Å²) in [6, 6.07) is 11.6. The van der Waals surface area contributed by atoms with Gasteiger partial charge in [-0.25, -0.2) is 0 Å². The molecular formula is C17H22N2. The smallest absolute Gasteiger partial charge is 0.0329 e. The second kappa shape index (κ2) is 4.86. The highest BCUT2D eigenvalue weighted by atomic mass is 15.0. The van der Waals surface area contributed by atoms with Crippen LogP contribution in [-0.2, 0) is 20.0 Å². The van der Waals surface area contributed by atoms with E-state index in [0.29, 0.717) is 6.04 Å². The second-order valence-electron chi connectivity index (χ2n) is 5.63. The van der Waals surface area contributed by atoms with Gasteiger partial charge in [0.1, 0.15) is 0 Å². The maximum Gasteiger partial charge on any atom is 0.0329 e. The molecule has 0 aliphatic heterocycles. The van der Waals surface area contributed by atoms with Crippen LogP contribution in [0, 0.1) is 13.8 Å². The predicted molar refractivity (Wildman–Crippen MR) is 79.2 cm³/mol. The highest BCUT2D eigenvalue weighted by molar-refractivity contribution is 5.34. The zero-order chi connectivity index (χ0) is 13.4. The molecule has 1 heterocycles. The van der Waals surface area contributed by atoms with Gasteiger partial charge in [0.2, 0.25) is 0 Å². The fourth-order valence-electron chi connectivity index (χ4n) is 3.11. The summed E-state index contributed by atoms with van der Waals surface area (Å²) < 4.78 is 2.26. The van der Waals surface area contributed by atoms with Gasteiger partial charge in [-0.1, -0.05) is 24.3 Å². The van der Waals surface area contributed by atoms with Gasteiger partial charge in [0.05, 0.1) is 0 Å². The van der Waals surface area contributed by atoms with Crippen molar-refractivity contribution in [3.05, 3.63) is 58.4 Å². The number of hydrogen-bond acceptors (Lipinski definition) is 1. The SMILES string of the molecule is Cc1cc(CNC2CCc3ccccc32)c(C)n1C. The maximum absolute atomic E-state index is 3.72. The Morgan fingerprint density at radius 1 is 1.26 bits per heavy atom. The van der Waals surface area contributed by atoms with E-state index in [-0.39, 0.29) is 0 Å². The van der Waals surface area contributed by atoms with Crippen LogP contribution in [0.2, 0.25) is 0 Å². The van der Waals surface area contributed by atoms with E-state index in [1.54, 1.807) is 0 Å². The highest BCUT2D eigenvalue weighted by Crippen LogP contribution is 2.31. The van der Waals surface area contributed by atoms with Gasteiger partial charge in [-0.3, -0.25) is 0 Å². The van der Waals surface area contributed by atoms with Gasteiger partial charge in [0.15, 0.2) is 0 Å². The molecule has 1 unspecified atom stereocenters. The molecular weight excluding hydrogens is 232 g/mol. The van der Waals surface area contributed by atoms with E-state index in [2.05, 4.69) is 61.1 Å². The normalized spacial score (nSPS) is 17.7. The van der Waals surface area contributed by atoms with Gasteiger partial charge >= 0.3 is 0 Å². The molecule has 0 fully saturated rings. The number of nitrogens with one attached hydrogen (secondary N) is 1. The van der Waals surface area contributed by atoms with Crippen LogP contribution in [0.3, 0.4) is 0 Å². The molecule has 100 valence electrons. The summed E-state index contributed by atoms with van der Waals surface area (Å²) in [5.74, 6) is 0. The fourth-order valence-corrected chi connectivity index (χ4v) is 3.11. The second-order valence-corrected chi connectivity index (χ2v) is 5.63. The molecule has 2 nitrogen and oxygen atoms in total. The Morgan fingerprint density at radius 2 is 2.05 bits per heavy atom. The molecule has 3 rings (SSSR count). The molecule has 1 N–H and O–H groups in total. The lowest BCUT2D eigenvalue weighted by Crippen LogP contribution is -2.19. The Balaban J connectivity index is 1.72. The van der Waals surface area contributed by atoms with Gasteiger partial charge in [-0.05, 0) is 49.4 Å². The predicted octanol–water partition coefficient (Wildman–Crippen LogP) is 3.42. The number of nitrogens with zero attached hydrogens (tertiary/aromatic N) is 1. The Hall–Kier alpha value is -1.54. The standard InChI is InChI=1S/C17H22N2/c1-12-10-15(13(2)19(12)3)11-18-17-9-8-14-6-4-5-7-16(14)17/h4-7,10,17-18H,8-9,11H2,1-3H3. The molecule has 1 atom stereocenters. The Labute approximate surface area is 115 Å². The third-order valence-corrected chi connectivity index (χ3v) is 4.55. The van der Waals surface area contributed by atoms with E-state index >= 15 is 0 Å². The molecule has 0 saturated heterocycles. The van der Waals surface area contributed by atoms with E-state index in [1.165, 1.54) is 40.9 Å². The summed E-state index contributed by atoms with van der Waals surface area (Å²) in [6.07, 6.45) is 2.44. The van der Waals surface area contributed by atoms with Crippen molar-refractivity contribution in [3.63, 3.8) is 0 Å². The largest absolute Gasteiger partial charge is 0.352 e. The first-order valence-electron chi connectivity index (χ1n) is 7.10. The summed E-state index contributed by atoms with van der Waals surface area (Å²) in [7, 11) is 2.14. The van der Waals surface area contributed by atoms with Crippen LogP contribution >= 0.6 is 0 Å². The molecule has 1 aliphatic rings. The van der Waals surface area contributed by atoms with Crippen LogP contribution in [-0.4, -0.2) is 4.57 Å². The topological polar surface area (TPSA) is 17.0 Å². The van der Waals surface area contributed by atoms with E-state index in [9.17, 15) is 0 Å². The van der Waals surface area contributed by atoms with Gasteiger partial charge in [0.25, 0.3) is 0 Å². The van der Waals surface area contributed by atoms with Crippen molar-refractivity contribution in [2.75, 3.05) is 0 Å². The number of fused-ring (bicyclic) bond motifs is 1. The molecule has 0 spiro atoms. The molecule has 1 aromatic carbocycles. The van der Waals surface area contributed by atoms with Crippen LogP contribution < -0.4 is 5.32 Å². The molecule has 0 radical (unpaired) electrons. The minimum absolute atomic E-state index is 0.524. The van der Waals surface area contributed by atoms with E-state index in [1.807, 2.05) is 0 Å². The van der Waals surface area contributed by atoms with Crippen LogP contribution in [0.25, 0.3) is 0 Å². The molecule has 2 heteroatoms. The average Bonchev–Trinajstić information content (AvgIpc) is 2.94. The zero-order valence-corrected chi connectivity index (χ0v) is 12.0. The monoisotopic (exact) mass is 254 g/mol. The van der Waals surface area contributed by atoms with Crippen LogP contribution in [0.1, 0.15) is 40.5 Å². The lowest BCUT2D eigenvalue weighted by Gasteiger charge is -2.14. The van der Waals surface area contributed by atoms with Crippen molar-refractivity contribution >= 4 is 0 Å². The quantitative estimate of drug-likeness (QED) is 0.888. The first-order chi connectivity index (χ1) is 9.16. The van der Waals surface area contributed by atoms with E-state index in [4.69, 9.17) is 0 Å². The van der Waals surface area contributed by atoms with Crippen LogP contribution in [0.4, 0.5) is 0 Å². The molecule has 0 saturated carbocycles. The van der Waals surface area contributed by atoms with Gasteiger partial charge in [0, 0.05) is 31.0 Å². The molecule has 0 amide bonds. The van der Waals surface area contributed by atoms with Crippen LogP contribution in [0.15, 0.2) is 30.3 Å². The minimum atomic E-state index is 0.524. The van der Waals surface area contributed by atoms with Crippen molar-refractivity contribution in [2.24, 2.45) is 7.05 Å². The van der Waals surface area contributed by atoms with Crippen molar-refractivity contribution in [1.82, 2.24) is 9.88 Å². The van der Waals surface area contributed by atoms with Gasteiger partial charge < -0.3 is 9.88 Å². The number of aryl methyl sites for hydroxylation is 2. The molecule has 2 aromatic rings. The third kappa shape index (κ3) is 2.21. The van der Waals surface area contributed by atoms with Crippen molar-refractivity contribution in [2.45, 2.75) is 39.3 Å². The summed E-state index contributed by atoms with van der Waals surface area (Å²) in [4.78, 5) is 0. The first-order valence-corrected chi connectivity index (χ1v) is 7.10. The summed E-state index contributed by atoms with van der Waals surface area (Å²) in [6.45, 7) is 5.33. The summed E-state index contributed by atoms with van der Waals surface area (Å²) in [5.41, 5.74) is 7.13. The molecule has 19 heavy (non-hydrogen) atoms. The molecule has 1 aliphatic carbocycles. The maximum atomic E-state index is 3.72. The number of rotatable bonds is 3. The van der Waals surface area contributed by atoms with Crippen molar-refractivity contribution in [1.29, 1.82) is 0 Å². The summed E-state index contributed by atoms with van der Waals surface area (Å²) in [5, 5.41) is 3.72. The zero-order valence-electron chi connectivity index (χ0n) is 12.0. The van der Waals surface area contributed by atoms with E-state index in [0.717, 1.165) is 6.54 Å². The Bertz CT molecular complexity index is 595. The van der Waals surface area contributed by atoms with Gasteiger partial charge in [-0.15, -0.1) is 0 Å². The number of hydrogen-bond donors (Lipinski definition) is 1. The van der Waals surface area contributed by atoms with Crippen molar-refractivity contribution < 1.29 is 0 Å². The number of aromatic nitrogens is 1. The Kier molecular flexibility index (Phi) is 3.19. The van der Waals surface area contributed by atoms with E-state index < -0.39 is 0 Å². The molecule has 0 bridgehead atoms. The number of benzene rings is 1. The lowest BCUT2D eigenvalue weighted by atomic mass is 10.1. The van der Waals surface area contributed by atoms with Gasteiger partial charge in [-0.2, -0.15) is 0 Å². The van der Waals surface area contributed by atoms with Crippen molar-refractivity contribution in [3.8, 4) is 0 Å². The Morgan fingerprint density at radius 3 is 2.79 bits per heavy atom. The summed E-state index contributed by atoms with van der Waals surface area (Å²) >= 11 is 0. The first kappa shape index (κ1) is 12.5. The fraction of sp³-hybridized carbons (Fsp3) is 0.412. The minimum Gasteiger partial charge on any atom is -0.352 e. The average molecular weight is 254 g/mol. The highest BCUT2D eigenvalue weighted by Gasteiger charge is 2.21. The van der Waals surface area contributed by atoms with Crippen LogP contribution in [0.5, 0.6) is 0 Å². The third-order valence-electron chi connectivity index (χ3n) is 4.55. The lowest BCUT2D eigenvalue weighted by molar-refractivity contribution is 0.529. The molecule has 1 aromatic heterocycles.